The van der Waals surface area contributed by atoms with E-state index in [1.54, 1.807) is 34.5 Å². The maximum Gasteiger partial charge on any atom is 0.268 e. The van der Waals surface area contributed by atoms with Crippen LogP contribution in [0.25, 0.3) is 10.9 Å². The van der Waals surface area contributed by atoms with Gasteiger partial charge in [-0.3, -0.25) is 9.59 Å². The summed E-state index contributed by atoms with van der Waals surface area (Å²) in [5.74, 6) is -0.520. The number of H-pyrrole nitrogens is 1. The lowest BCUT2D eigenvalue weighted by molar-refractivity contribution is -0.164. The number of carbonyl (C=O) groups excluding carboxylic acids is 2. The lowest BCUT2D eigenvalue weighted by atomic mass is 9.62. The van der Waals surface area contributed by atoms with Crippen LogP contribution in [0.1, 0.15) is 28.3 Å². The third-order valence-electron chi connectivity index (χ3n) is 6.03. The van der Waals surface area contributed by atoms with Crippen molar-refractivity contribution in [3.63, 3.8) is 0 Å². The Balaban J connectivity index is 1.33. The highest BCUT2D eigenvalue weighted by Crippen LogP contribution is 2.48. The highest BCUT2D eigenvalue weighted by molar-refractivity contribution is 7.10. The van der Waals surface area contributed by atoms with Crippen molar-refractivity contribution >= 4 is 57.3 Å². The fourth-order valence-corrected chi connectivity index (χ4v) is 5.72. The summed E-state index contributed by atoms with van der Waals surface area (Å²) in [7, 11) is 0. The number of nitrogens with zero attached hydrogens (tertiary/aromatic N) is 2. The Labute approximate surface area is 192 Å². The normalized spacial score (nSPS) is 18.6. The summed E-state index contributed by atoms with van der Waals surface area (Å²) < 4.78 is 0. The van der Waals surface area contributed by atoms with E-state index in [1.165, 1.54) is 11.3 Å². The van der Waals surface area contributed by atoms with Gasteiger partial charge >= 0.3 is 0 Å². The first kappa shape index (κ1) is 20.8. The number of halogens is 2. The molecule has 3 heterocycles. The molecule has 1 aliphatic heterocycles. The van der Waals surface area contributed by atoms with Crippen LogP contribution in [0.4, 0.5) is 0 Å². The summed E-state index contributed by atoms with van der Waals surface area (Å²) in [5.41, 5.74) is 1.19. The Morgan fingerprint density at radius 1 is 1.32 bits per heavy atom. The Morgan fingerprint density at radius 2 is 2.10 bits per heavy atom. The van der Waals surface area contributed by atoms with Crippen LogP contribution in [0.2, 0.25) is 10.2 Å². The quantitative estimate of drug-likeness (QED) is 0.523. The smallest absolute Gasteiger partial charge is 0.268 e. The second-order valence-electron chi connectivity index (χ2n) is 8.47. The molecule has 2 aromatic heterocycles. The van der Waals surface area contributed by atoms with E-state index in [-0.39, 0.29) is 29.8 Å². The van der Waals surface area contributed by atoms with Crippen LogP contribution in [0.3, 0.4) is 0 Å². The summed E-state index contributed by atoms with van der Waals surface area (Å²) in [6.07, 6.45) is 1.46. The number of hydrogen-bond donors (Lipinski definition) is 3. The molecule has 7 nitrogen and oxygen atoms in total. The molecule has 10 heteroatoms. The first-order valence-electron chi connectivity index (χ1n) is 9.96. The number of aromatic amines is 1. The Kier molecular flexibility index (Phi) is 5.21. The number of aliphatic hydroxyl groups excluding tert-OH is 1. The van der Waals surface area contributed by atoms with Crippen LogP contribution in [-0.2, 0) is 11.2 Å². The first-order chi connectivity index (χ1) is 14.8. The molecule has 1 saturated carbocycles. The fraction of sp³-hybridized carbons (Fsp3) is 0.381. The van der Waals surface area contributed by atoms with Crippen molar-refractivity contribution < 1.29 is 14.7 Å². The van der Waals surface area contributed by atoms with E-state index in [0.717, 1.165) is 23.7 Å². The number of amides is 2. The van der Waals surface area contributed by atoms with Gasteiger partial charge in [0.1, 0.15) is 16.9 Å². The molecular weight excluding hydrogens is 459 g/mol. The van der Waals surface area contributed by atoms with E-state index >= 15 is 0 Å². The van der Waals surface area contributed by atoms with Crippen molar-refractivity contribution in [3.05, 3.63) is 50.5 Å². The summed E-state index contributed by atoms with van der Waals surface area (Å²) in [4.78, 5) is 35.2. The highest BCUT2D eigenvalue weighted by Gasteiger charge is 2.54. The third-order valence-corrected chi connectivity index (χ3v) is 7.46. The van der Waals surface area contributed by atoms with Crippen molar-refractivity contribution in [3.8, 4) is 0 Å². The summed E-state index contributed by atoms with van der Waals surface area (Å²) >= 11 is 13.3. The van der Waals surface area contributed by atoms with Crippen molar-refractivity contribution in [1.29, 1.82) is 0 Å². The molecular formula is C21H20Cl2N4O3S. The van der Waals surface area contributed by atoms with E-state index in [9.17, 15) is 14.7 Å². The highest BCUT2D eigenvalue weighted by atomic mass is 35.5. The number of aliphatic hydroxyl groups is 1. The summed E-state index contributed by atoms with van der Waals surface area (Å²) in [6.45, 7) is 1.22. The lowest BCUT2D eigenvalue weighted by Gasteiger charge is -2.58. The number of aromatic nitrogens is 2. The number of carbonyl (C=O) groups is 2. The molecule has 3 N–H and O–H groups in total. The van der Waals surface area contributed by atoms with Crippen molar-refractivity contribution in [2.24, 2.45) is 5.41 Å². The third kappa shape index (κ3) is 4.05. The van der Waals surface area contributed by atoms with E-state index in [1.807, 2.05) is 0 Å². The van der Waals surface area contributed by atoms with Gasteiger partial charge < -0.3 is 20.3 Å². The van der Waals surface area contributed by atoms with Crippen molar-refractivity contribution in [2.75, 3.05) is 13.1 Å². The molecule has 2 amide bonds. The van der Waals surface area contributed by atoms with Gasteiger partial charge in [-0.15, -0.1) is 11.3 Å². The van der Waals surface area contributed by atoms with Gasteiger partial charge in [-0.1, -0.05) is 23.2 Å². The molecule has 0 bridgehead atoms. The monoisotopic (exact) mass is 478 g/mol. The second-order valence-corrected chi connectivity index (χ2v) is 10.2. The molecule has 162 valence electrons. The summed E-state index contributed by atoms with van der Waals surface area (Å²) in [6, 6.07) is 6.29. The van der Waals surface area contributed by atoms with Crippen molar-refractivity contribution in [2.45, 2.75) is 31.4 Å². The van der Waals surface area contributed by atoms with Crippen LogP contribution < -0.4 is 5.32 Å². The van der Waals surface area contributed by atoms with Gasteiger partial charge in [-0.25, -0.2) is 4.98 Å². The molecule has 31 heavy (non-hydrogen) atoms. The topological polar surface area (TPSA) is 98.3 Å². The standard InChI is InChI=1S/C21H20Cl2N4O3S/c22-12-1-2-14-11(3-12)4-15(24-14)19(29)25-16(5-18-26-17(23)8-31-18)20(30)27-9-21(10-27)6-13(28)7-21/h1-4,8,13,16,24,28H,5-7,9-10H2,(H,25,29). The number of benzene rings is 1. The van der Waals surface area contributed by atoms with Gasteiger partial charge in [0.05, 0.1) is 11.1 Å². The lowest BCUT2D eigenvalue weighted by Crippen LogP contribution is -2.67. The molecule has 2 aliphatic rings. The van der Waals surface area contributed by atoms with Gasteiger partial charge in [0, 0.05) is 46.2 Å². The SMILES string of the molecule is O=C(NC(Cc1nc(Cl)cs1)C(=O)N1CC2(CC(O)C2)C1)c1cc2cc(Cl)ccc2[nH]1. The molecule has 5 rings (SSSR count). The average Bonchev–Trinajstić information content (AvgIpc) is 3.27. The summed E-state index contributed by atoms with van der Waals surface area (Å²) in [5, 5.41) is 16.6. The van der Waals surface area contributed by atoms with Crippen LogP contribution >= 0.6 is 34.5 Å². The van der Waals surface area contributed by atoms with Gasteiger partial charge in [-0.05, 0) is 37.1 Å². The maximum atomic E-state index is 13.2. The number of fused-ring (bicyclic) bond motifs is 1. The number of hydrogen-bond acceptors (Lipinski definition) is 5. The molecule has 1 unspecified atom stereocenters. The minimum absolute atomic E-state index is 0.0462. The van der Waals surface area contributed by atoms with Crippen LogP contribution in [0, 0.1) is 5.41 Å². The van der Waals surface area contributed by atoms with Gasteiger partial charge in [0.25, 0.3) is 5.91 Å². The van der Waals surface area contributed by atoms with Crippen molar-refractivity contribution in [1.82, 2.24) is 20.2 Å². The predicted octanol–water partition coefficient (Wildman–Crippen LogP) is 3.26. The molecule has 0 radical (unpaired) electrons. The first-order valence-corrected chi connectivity index (χ1v) is 11.6. The van der Waals surface area contributed by atoms with E-state index in [2.05, 4.69) is 15.3 Å². The number of rotatable bonds is 5. The maximum absolute atomic E-state index is 13.2. The van der Waals surface area contributed by atoms with Crippen LogP contribution in [0.5, 0.6) is 0 Å². The minimum atomic E-state index is -0.757. The second kappa shape index (κ2) is 7.78. The molecule has 1 atom stereocenters. The zero-order valence-corrected chi connectivity index (χ0v) is 18.7. The Morgan fingerprint density at radius 3 is 2.77 bits per heavy atom. The van der Waals surface area contributed by atoms with Gasteiger partial charge in [0.15, 0.2) is 0 Å². The van der Waals surface area contributed by atoms with Gasteiger partial charge in [0.2, 0.25) is 5.91 Å². The van der Waals surface area contributed by atoms with Gasteiger partial charge in [-0.2, -0.15) is 0 Å². The Bertz CT molecular complexity index is 1160. The number of nitrogens with one attached hydrogen (secondary N) is 2. The van der Waals surface area contributed by atoms with Crippen LogP contribution in [-0.4, -0.2) is 57.0 Å². The largest absolute Gasteiger partial charge is 0.393 e. The van der Waals surface area contributed by atoms with E-state index in [4.69, 9.17) is 23.2 Å². The molecule has 1 aromatic carbocycles. The van der Waals surface area contributed by atoms with E-state index < -0.39 is 6.04 Å². The molecule has 1 aliphatic carbocycles. The minimum Gasteiger partial charge on any atom is -0.393 e. The van der Waals surface area contributed by atoms with Crippen LogP contribution in [0.15, 0.2) is 29.6 Å². The average molecular weight is 479 g/mol. The number of likely N-dealkylation sites (tertiary alicyclic amines) is 1. The molecule has 3 aromatic rings. The number of thiazole rings is 1. The van der Waals surface area contributed by atoms with E-state index in [0.29, 0.717) is 34.0 Å². The molecule has 1 spiro atoms. The zero-order chi connectivity index (χ0) is 21.8. The predicted molar refractivity (Wildman–Crippen MR) is 120 cm³/mol. The molecule has 2 fully saturated rings. The fourth-order valence-electron chi connectivity index (χ4n) is 4.56. The Hall–Kier alpha value is -2.13. The molecule has 1 saturated heterocycles. The zero-order valence-electron chi connectivity index (χ0n) is 16.4.